The van der Waals surface area contributed by atoms with E-state index in [9.17, 15) is 9.90 Å². The molecule has 2 saturated carbocycles. The van der Waals surface area contributed by atoms with Crippen molar-refractivity contribution < 1.29 is 9.90 Å². The molecule has 2 aliphatic rings. The maximum atomic E-state index is 12.2. The molecular formula is C15H27NO2. The first-order valence-corrected chi connectivity index (χ1v) is 7.46. The summed E-state index contributed by atoms with van der Waals surface area (Å²) in [7, 11) is 0. The lowest BCUT2D eigenvalue weighted by Crippen LogP contribution is -2.42. The molecule has 3 nitrogen and oxygen atoms in total. The summed E-state index contributed by atoms with van der Waals surface area (Å²) in [5, 5.41) is 12.4. The first kappa shape index (κ1) is 13.9. The molecule has 1 amide bonds. The van der Waals surface area contributed by atoms with Crippen LogP contribution in [-0.4, -0.2) is 23.7 Å². The third-order valence-corrected chi connectivity index (χ3v) is 4.82. The molecular weight excluding hydrogens is 226 g/mol. The van der Waals surface area contributed by atoms with Crippen molar-refractivity contribution in [2.75, 3.05) is 6.61 Å². The molecule has 2 unspecified atom stereocenters. The van der Waals surface area contributed by atoms with Crippen LogP contribution in [0.4, 0.5) is 0 Å². The number of hydrogen-bond donors (Lipinski definition) is 2. The highest BCUT2D eigenvalue weighted by molar-refractivity contribution is 5.82. The zero-order valence-electron chi connectivity index (χ0n) is 11.7. The van der Waals surface area contributed by atoms with E-state index < -0.39 is 0 Å². The van der Waals surface area contributed by atoms with Crippen molar-refractivity contribution in [3.63, 3.8) is 0 Å². The molecule has 104 valence electrons. The smallest absolute Gasteiger partial charge is 0.223 e. The Bertz CT molecular complexity index is 295. The van der Waals surface area contributed by atoms with Gasteiger partial charge in [0, 0.05) is 18.6 Å². The van der Waals surface area contributed by atoms with Crippen molar-refractivity contribution in [3.8, 4) is 0 Å². The molecule has 2 N–H and O–H groups in total. The molecule has 2 fully saturated rings. The van der Waals surface area contributed by atoms with Crippen LogP contribution < -0.4 is 5.32 Å². The summed E-state index contributed by atoms with van der Waals surface area (Å²) in [5.74, 6) is 0.989. The van der Waals surface area contributed by atoms with Gasteiger partial charge in [0.25, 0.3) is 0 Å². The van der Waals surface area contributed by atoms with E-state index in [-0.39, 0.29) is 29.9 Å². The van der Waals surface area contributed by atoms with Gasteiger partial charge in [-0.1, -0.05) is 33.1 Å². The lowest BCUT2D eigenvalue weighted by atomic mass is 9.82. The highest BCUT2D eigenvalue weighted by Gasteiger charge is 2.50. The number of rotatable bonds is 5. The van der Waals surface area contributed by atoms with Crippen molar-refractivity contribution in [2.24, 2.45) is 17.3 Å². The van der Waals surface area contributed by atoms with Gasteiger partial charge in [-0.2, -0.15) is 0 Å². The predicted molar refractivity (Wildman–Crippen MR) is 72.1 cm³/mol. The Morgan fingerprint density at radius 2 is 1.94 bits per heavy atom. The van der Waals surface area contributed by atoms with Crippen molar-refractivity contribution >= 4 is 5.91 Å². The van der Waals surface area contributed by atoms with E-state index in [4.69, 9.17) is 0 Å². The largest absolute Gasteiger partial charge is 0.396 e. The van der Waals surface area contributed by atoms with Crippen LogP contribution >= 0.6 is 0 Å². The van der Waals surface area contributed by atoms with E-state index in [2.05, 4.69) is 19.2 Å². The molecule has 0 aromatic rings. The predicted octanol–water partition coefficient (Wildman–Crippen LogP) is 2.48. The Morgan fingerprint density at radius 3 is 2.44 bits per heavy atom. The third kappa shape index (κ3) is 3.25. The molecule has 0 aromatic heterocycles. The molecule has 3 heteroatoms. The quantitative estimate of drug-likeness (QED) is 0.791. The first-order valence-electron chi connectivity index (χ1n) is 7.46. The zero-order chi connectivity index (χ0) is 13.2. The van der Waals surface area contributed by atoms with Crippen LogP contribution in [0.3, 0.4) is 0 Å². The number of carbonyl (C=O) groups excluding carboxylic acids is 1. The Balaban J connectivity index is 1.87. The van der Waals surface area contributed by atoms with Crippen LogP contribution in [0.1, 0.15) is 58.8 Å². The van der Waals surface area contributed by atoms with Gasteiger partial charge in [0.15, 0.2) is 0 Å². The van der Waals surface area contributed by atoms with E-state index in [0.717, 1.165) is 6.42 Å². The Morgan fingerprint density at radius 1 is 1.33 bits per heavy atom. The van der Waals surface area contributed by atoms with Crippen molar-refractivity contribution in [1.29, 1.82) is 0 Å². The maximum Gasteiger partial charge on any atom is 0.223 e. The Kier molecular flexibility index (Phi) is 4.31. The summed E-state index contributed by atoms with van der Waals surface area (Å²) in [4.78, 5) is 12.2. The molecule has 0 spiro atoms. The Labute approximate surface area is 110 Å². The van der Waals surface area contributed by atoms with Gasteiger partial charge in [-0.25, -0.2) is 0 Å². The van der Waals surface area contributed by atoms with Crippen LogP contribution in [0.2, 0.25) is 0 Å². The molecule has 2 atom stereocenters. The zero-order valence-corrected chi connectivity index (χ0v) is 11.7. The van der Waals surface area contributed by atoms with Crippen LogP contribution in [0.15, 0.2) is 0 Å². The van der Waals surface area contributed by atoms with Crippen LogP contribution in [0.25, 0.3) is 0 Å². The molecule has 0 aromatic carbocycles. The van der Waals surface area contributed by atoms with E-state index in [1.807, 2.05) is 0 Å². The maximum absolute atomic E-state index is 12.2. The minimum Gasteiger partial charge on any atom is -0.396 e. The van der Waals surface area contributed by atoms with Crippen LogP contribution in [0.5, 0.6) is 0 Å². The molecule has 0 heterocycles. The minimum atomic E-state index is 0.176. The van der Waals surface area contributed by atoms with Gasteiger partial charge in [-0.3, -0.25) is 4.79 Å². The van der Waals surface area contributed by atoms with Gasteiger partial charge < -0.3 is 10.4 Å². The normalized spacial score (nSPS) is 28.7. The second-order valence-electron chi connectivity index (χ2n) is 6.77. The number of aliphatic hydroxyl groups excluding tert-OH is 1. The molecule has 2 rings (SSSR count). The number of nitrogens with one attached hydrogen (secondary N) is 1. The highest BCUT2D eigenvalue weighted by atomic mass is 16.3. The summed E-state index contributed by atoms with van der Waals surface area (Å²) in [6, 6.07) is 0.194. The van der Waals surface area contributed by atoms with Gasteiger partial charge in [-0.05, 0) is 37.0 Å². The average molecular weight is 253 g/mol. The van der Waals surface area contributed by atoms with Crippen molar-refractivity contribution in [3.05, 3.63) is 0 Å². The summed E-state index contributed by atoms with van der Waals surface area (Å²) in [6.07, 6.45) is 8.01. The number of amides is 1. The molecule has 18 heavy (non-hydrogen) atoms. The number of carbonyl (C=O) groups is 1. The van der Waals surface area contributed by atoms with Crippen LogP contribution in [0, 0.1) is 17.3 Å². The topological polar surface area (TPSA) is 49.3 Å². The molecule has 0 aliphatic heterocycles. The average Bonchev–Trinajstić information content (AvgIpc) is 2.99. The van der Waals surface area contributed by atoms with Crippen molar-refractivity contribution in [2.45, 2.75) is 64.8 Å². The summed E-state index contributed by atoms with van der Waals surface area (Å²) in [5.41, 5.74) is 0.195. The number of hydrogen-bond acceptors (Lipinski definition) is 2. The van der Waals surface area contributed by atoms with E-state index in [1.54, 1.807) is 0 Å². The second kappa shape index (κ2) is 5.60. The first-order chi connectivity index (χ1) is 8.54. The Hall–Kier alpha value is -0.570. The second-order valence-corrected chi connectivity index (χ2v) is 6.77. The lowest BCUT2D eigenvalue weighted by molar-refractivity contribution is -0.124. The van der Waals surface area contributed by atoms with Gasteiger partial charge in [0.05, 0.1) is 0 Å². The van der Waals surface area contributed by atoms with Gasteiger partial charge >= 0.3 is 0 Å². The van der Waals surface area contributed by atoms with E-state index >= 15 is 0 Å². The van der Waals surface area contributed by atoms with Gasteiger partial charge in [0.2, 0.25) is 5.91 Å². The van der Waals surface area contributed by atoms with Gasteiger partial charge in [-0.15, -0.1) is 0 Å². The fraction of sp³-hybridized carbons (Fsp3) is 0.933. The molecule has 0 bridgehead atoms. The number of aliphatic hydroxyl groups is 1. The summed E-state index contributed by atoms with van der Waals surface area (Å²) < 4.78 is 0. The fourth-order valence-corrected chi connectivity index (χ4v) is 3.30. The summed E-state index contributed by atoms with van der Waals surface area (Å²) >= 11 is 0. The SMILES string of the molecule is CC1(C)CC1C(=O)NC(CCO)C1CCCCC1. The summed E-state index contributed by atoms with van der Waals surface area (Å²) in [6.45, 7) is 4.48. The standard InChI is InChI=1S/C15H27NO2/c1-15(2)10-12(15)14(18)16-13(8-9-17)11-6-4-3-5-7-11/h11-13,17H,3-10H2,1-2H3,(H,16,18). The molecule has 0 saturated heterocycles. The third-order valence-electron chi connectivity index (χ3n) is 4.82. The van der Waals surface area contributed by atoms with Crippen molar-refractivity contribution in [1.82, 2.24) is 5.32 Å². The lowest BCUT2D eigenvalue weighted by Gasteiger charge is -2.30. The van der Waals surface area contributed by atoms with Crippen LogP contribution in [-0.2, 0) is 4.79 Å². The molecule has 0 radical (unpaired) electrons. The highest BCUT2D eigenvalue weighted by Crippen LogP contribution is 2.51. The molecule has 2 aliphatic carbocycles. The van der Waals surface area contributed by atoms with Gasteiger partial charge in [0.1, 0.15) is 0 Å². The van der Waals surface area contributed by atoms with E-state index in [0.29, 0.717) is 12.3 Å². The fourth-order valence-electron chi connectivity index (χ4n) is 3.30. The monoisotopic (exact) mass is 253 g/mol. The minimum absolute atomic E-state index is 0.176. The van der Waals surface area contributed by atoms with E-state index in [1.165, 1.54) is 32.1 Å².